The highest BCUT2D eigenvalue weighted by Crippen LogP contribution is 2.29. The number of sulfonamides is 1. The average molecular weight is 394 g/mol. The van der Waals surface area contributed by atoms with E-state index in [1.807, 2.05) is 0 Å². The van der Waals surface area contributed by atoms with Crippen molar-refractivity contribution in [3.8, 4) is 0 Å². The van der Waals surface area contributed by atoms with Gasteiger partial charge < -0.3 is 0 Å². The van der Waals surface area contributed by atoms with Gasteiger partial charge in [-0.25, -0.2) is 12.8 Å². The fraction of sp³-hybridized carbons (Fsp3) is 0.235. The second-order valence-electron chi connectivity index (χ2n) is 5.45. The van der Waals surface area contributed by atoms with E-state index in [0.717, 1.165) is 6.07 Å². The first-order chi connectivity index (χ1) is 12.8. The summed E-state index contributed by atoms with van der Waals surface area (Å²) in [7, 11) is -3.95. The van der Waals surface area contributed by atoms with Crippen molar-refractivity contribution in [1.82, 2.24) is 4.31 Å². The van der Waals surface area contributed by atoms with Gasteiger partial charge in [-0.05, 0) is 23.8 Å². The van der Waals surface area contributed by atoms with E-state index in [1.165, 1.54) is 46.9 Å². The minimum absolute atomic E-state index is 0.103. The number of non-ortho nitro benzene ring substituents is 1. The van der Waals surface area contributed by atoms with Crippen molar-refractivity contribution in [2.24, 2.45) is 5.10 Å². The van der Waals surface area contributed by atoms with Crippen molar-refractivity contribution in [3.05, 3.63) is 64.0 Å². The Labute approximate surface area is 156 Å². The SMILES string of the molecule is CCN(CC)S(=O)(=O)c1cc([N+](=O)[O-])ccc1N/N=C\c1ccc(F)cc1. The van der Waals surface area contributed by atoms with Gasteiger partial charge in [0.15, 0.2) is 0 Å². The van der Waals surface area contributed by atoms with Crippen LogP contribution in [0.2, 0.25) is 0 Å². The molecule has 1 N–H and O–H groups in total. The van der Waals surface area contributed by atoms with E-state index in [0.29, 0.717) is 5.56 Å². The Hall–Kier alpha value is -2.85. The summed E-state index contributed by atoms with van der Waals surface area (Å²) in [6.45, 7) is 3.80. The second kappa shape index (κ2) is 8.69. The molecule has 0 aliphatic heterocycles. The predicted molar refractivity (Wildman–Crippen MR) is 101 cm³/mol. The van der Waals surface area contributed by atoms with Gasteiger partial charge in [-0.3, -0.25) is 15.5 Å². The number of anilines is 1. The van der Waals surface area contributed by atoms with Crippen LogP contribution in [0.4, 0.5) is 15.8 Å². The molecule has 2 aromatic carbocycles. The third-order valence-corrected chi connectivity index (χ3v) is 5.86. The van der Waals surface area contributed by atoms with Crippen molar-refractivity contribution >= 4 is 27.6 Å². The number of benzene rings is 2. The van der Waals surface area contributed by atoms with E-state index < -0.39 is 14.9 Å². The van der Waals surface area contributed by atoms with Crippen LogP contribution in [0.25, 0.3) is 0 Å². The minimum Gasteiger partial charge on any atom is -0.277 e. The standard InChI is InChI=1S/C17H19FN4O4S/c1-3-21(4-2)27(25,26)17-11-15(22(23)24)9-10-16(17)20-19-12-13-5-7-14(18)8-6-13/h5-12,20H,3-4H2,1-2H3/b19-12-. The molecule has 0 aliphatic carbocycles. The van der Waals surface area contributed by atoms with Crippen molar-refractivity contribution in [2.45, 2.75) is 18.7 Å². The number of halogens is 1. The second-order valence-corrected chi connectivity index (χ2v) is 7.35. The molecule has 0 spiro atoms. The van der Waals surface area contributed by atoms with Gasteiger partial charge in [-0.2, -0.15) is 9.41 Å². The summed E-state index contributed by atoms with van der Waals surface area (Å²) in [6.07, 6.45) is 1.38. The monoisotopic (exact) mass is 394 g/mol. The topological polar surface area (TPSA) is 105 Å². The number of nitro groups is 1. The molecule has 27 heavy (non-hydrogen) atoms. The van der Waals surface area contributed by atoms with E-state index >= 15 is 0 Å². The maximum absolute atomic E-state index is 12.9. The normalized spacial score (nSPS) is 11.9. The molecule has 0 aromatic heterocycles. The van der Waals surface area contributed by atoms with Gasteiger partial charge >= 0.3 is 0 Å². The summed E-state index contributed by atoms with van der Waals surface area (Å²) >= 11 is 0. The molecule has 0 aliphatic rings. The lowest BCUT2D eigenvalue weighted by molar-refractivity contribution is -0.385. The minimum atomic E-state index is -3.95. The first-order valence-electron chi connectivity index (χ1n) is 8.12. The number of hydrazone groups is 1. The molecule has 0 heterocycles. The van der Waals surface area contributed by atoms with Crippen LogP contribution >= 0.6 is 0 Å². The molecule has 2 rings (SSSR count). The number of nitrogens with one attached hydrogen (secondary N) is 1. The molecule has 0 amide bonds. The van der Waals surface area contributed by atoms with Crippen LogP contribution in [0, 0.1) is 15.9 Å². The smallest absolute Gasteiger partial charge is 0.270 e. The van der Waals surface area contributed by atoms with Gasteiger partial charge in [0.2, 0.25) is 10.0 Å². The lowest BCUT2D eigenvalue weighted by Crippen LogP contribution is -2.31. The van der Waals surface area contributed by atoms with Crippen LogP contribution in [0.1, 0.15) is 19.4 Å². The van der Waals surface area contributed by atoms with E-state index in [1.54, 1.807) is 13.8 Å². The Morgan fingerprint density at radius 2 is 1.81 bits per heavy atom. The molecule has 0 saturated carbocycles. The Morgan fingerprint density at radius 1 is 1.19 bits per heavy atom. The van der Waals surface area contributed by atoms with Crippen LogP contribution < -0.4 is 5.43 Å². The van der Waals surface area contributed by atoms with Crippen LogP contribution in [-0.4, -0.2) is 37.0 Å². The van der Waals surface area contributed by atoms with Gasteiger partial charge in [0.05, 0.1) is 16.8 Å². The van der Waals surface area contributed by atoms with Gasteiger partial charge in [0.1, 0.15) is 10.7 Å². The van der Waals surface area contributed by atoms with E-state index in [-0.39, 0.29) is 35.2 Å². The van der Waals surface area contributed by atoms with Crippen molar-refractivity contribution in [1.29, 1.82) is 0 Å². The van der Waals surface area contributed by atoms with E-state index in [4.69, 9.17) is 0 Å². The largest absolute Gasteiger partial charge is 0.277 e. The van der Waals surface area contributed by atoms with Gasteiger partial charge in [-0.15, -0.1) is 0 Å². The fourth-order valence-electron chi connectivity index (χ4n) is 2.36. The van der Waals surface area contributed by atoms with Gasteiger partial charge in [0, 0.05) is 25.2 Å². The maximum atomic E-state index is 12.9. The highest BCUT2D eigenvalue weighted by atomic mass is 32.2. The molecule has 8 nitrogen and oxygen atoms in total. The third kappa shape index (κ3) is 4.86. The van der Waals surface area contributed by atoms with E-state index in [9.17, 15) is 22.9 Å². The molecule has 0 atom stereocenters. The molecular weight excluding hydrogens is 375 g/mol. The molecule has 0 radical (unpaired) electrons. The van der Waals surface area contributed by atoms with Crippen LogP contribution in [-0.2, 0) is 10.0 Å². The number of nitrogens with zero attached hydrogens (tertiary/aromatic N) is 3. The molecule has 144 valence electrons. The van der Waals surface area contributed by atoms with Gasteiger partial charge in [0.25, 0.3) is 5.69 Å². The lowest BCUT2D eigenvalue weighted by Gasteiger charge is -2.20. The maximum Gasteiger partial charge on any atom is 0.270 e. The quantitative estimate of drug-likeness (QED) is 0.420. The van der Waals surface area contributed by atoms with E-state index in [2.05, 4.69) is 10.5 Å². The Kier molecular flexibility index (Phi) is 6.59. The zero-order valence-corrected chi connectivity index (χ0v) is 15.6. The molecule has 0 bridgehead atoms. The van der Waals surface area contributed by atoms with Crippen molar-refractivity contribution < 1.29 is 17.7 Å². The molecule has 0 saturated heterocycles. The molecular formula is C17H19FN4O4S. The zero-order valence-electron chi connectivity index (χ0n) is 14.8. The predicted octanol–water partition coefficient (Wildman–Crippen LogP) is 3.21. The lowest BCUT2D eigenvalue weighted by atomic mass is 10.2. The highest BCUT2D eigenvalue weighted by Gasteiger charge is 2.27. The number of nitro benzene ring substituents is 1. The summed E-state index contributed by atoms with van der Waals surface area (Å²) in [5.74, 6) is -0.386. The summed E-state index contributed by atoms with van der Waals surface area (Å²) in [5, 5.41) is 15.0. The number of rotatable bonds is 8. The Balaban J connectivity index is 2.40. The molecule has 2 aromatic rings. The Morgan fingerprint density at radius 3 is 2.37 bits per heavy atom. The summed E-state index contributed by atoms with van der Waals surface area (Å²) in [5.41, 5.74) is 2.96. The molecule has 10 heteroatoms. The fourth-order valence-corrected chi connectivity index (χ4v) is 3.98. The van der Waals surface area contributed by atoms with Crippen LogP contribution in [0.15, 0.2) is 52.5 Å². The third-order valence-electron chi connectivity index (χ3n) is 3.77. The Bertz CT molecular complexity index is 942. The zero-order chi connectivity index (χ0) is 20.0. The van der Waals surface area contributed by atoms with Crippen molar-refractivity contribution in [2.75, 3.05) is 18.5 Å². The number of hydrogen-bond donors (Lipinski definition) is 1. The number of hydrogen-bond acceptors (Lipinski definition) is 6. The first kappa shape index (κ1) is 20.5. The highest BCUT2D eigenvalue weighted by molar-refractivity contribution is 7.89. The molecule has 0 unspecified atom stereocenters. The van der Waals surface area contributed by atoms with Crippen molar-refractivity contribution in [3.63, 3.8) is 0 Å². The molecule has 0 fully saturated rings. The summed E-state index contributed by atoms with van der Waals surface area (Å²) < 4.78 is 39.8. The summed E-state index contributed by atoms with van der Waals surface area (Å²) in [4.78, 5) is 10.1. The average Bonchev–Trinajstić information content (AvgIpc) is 2.64. The van der Waals surface area contributed by atoms with Crippen LogP contribution in [0.3, 0.4) is 0 Å². The first-order valence-corrected chi connectivity index (χ1v) is 9.56. The van der Waals surface area contributed by atoms with Gasteiger partial charge in [-0.1, -0.05) is 26.0 Å². The van der Waals surface area contributed by atoms with Crippen LogP contribution in [0.5, 0.6) is 0 Å². The summed E-state index contributed by atoms with van der Waals surface area (Å²) in [6, 6.07) is 9.03.